The van der Waals surface area contributed by atoms with E-state index in [0.717, 1.165) is 17.9 Å². The van der Waals surface area contributed by atoms with Crippen LogP contribution in [-0.2, 0) is 11.2 Å². The summed E-state index contributed by atoms with van der Waals surface area (Å²) in [5.74, 6) is 1.21. The van der Waals surface area contributed by atoms with E-state index in [1.54, 1.807) is 12.1 Å². The van der Waals surface area contributed by atoms with Gasteiger partial charge in [0.2, 0.25) is 0 Å². The standard InChI is InChI=1S/C26H30N2O3/c1-6-20-10-12-22(13-11-20)31-23-9-7-8-21(16-23)28-26(29)24-14-15-25(27-18(24)4)19(5)30-17(2)3/h7-17,19H,6H2,1-5H3,(H,28,29). The van der Waals surface area contributed by atoms with Crippen molar-refractivity contribution in [1.29, 1.82) is 0 Å². The minimum atomic E-state index is -0.210. The maximum absolute atomic E-state index is 12.8. The Labute approximate surface area is 184 Å². The lowest BCUT2D eigenvalue weighted by Crippen LogP contribution is -2.16. The number of aromatic nitrogens is 1. The van der Waals surface area contributed by atoms with Gasteiger partial charge in [0, 0.05) is 11.8 Å². The smallest absolute Gasteiger partial charge is 0.257 e. The molecular formula is C26H30N2O3. The summed E-state index contributed by atoms with van der Waals surface area (Å²) in [4.78, 5) is 17.4. The summed E-state index contributed by atoms with van der Waals surface area (Å²) in [6.45, 7) is 9.89. The van der Waals surface area contributed by atoms with Crippen LogP contribution in [0.2, 0.25) is 0 Å². The molecule has 1 aromatic heterocycles. The molecule has 162 valence electrons. The lowest BCUT2D eigenvalue weighted by Gasteiger charge is -2.17. The highest BCUT2D eigenvalue weighted by atomic mass is 16.5. The van der Waals surface area contributed by atoms with Gasteiger partial charge in [-0.25, -0.2) is 0 Å². The van der Waals surface area contributed by atoms with E-state index in [9.17, 15) is 4.79 Å². The largest absolute Gasteiger partial charge is 0.457 e. The number of ether oxygens (including phenoxy) is 2. The fourth-order valence-corrected chi connectivity index (χ4v) is 3.29. The number of amides is 1. The third kappa shape index (κ3) is 6.15. The van der Waals surface area contributed by atoms with E-state index in [4.69, 9.17) is 9.47 Å². The van der Waals surface area contributed by atoms with Gasteiger partial charge in [-0.15, -0.1) is 0 Å². The molecule has 5 heteroatoms. The summed E-state index contributed by atoms with van der Waals surface area (Å²) in [6.07, 6.45) is 0.968. The number of hydrogen-bond donors (Lipinski definition) is 1. The molecule has 0 aliphatic rings. The third-order valence-electron chi connectivity index (χ3n) is 4.90. The molecule has 0 aliphatic carbocycles. The van der Waals surface area contributed by atoms with Gasteiger partial charge in [0.1, 0.15) is 11.5 Å². The van der Waals surface area contributed by atoms with E-state index in [2.05, 4.69) is 17.2 Å². The summed E-state index contributed by atoms with van der Waals surface area (Å²) in [6, 6.07) is 19.0. The average molecular weight is 419 g/mol. The number of pyridine rings is 1. The van der Waals surface area contributed by atoms with E-state index < -0.39 is 0 Å². The summed E-state index contributed by atoms with van der Waals surface area (Å²) < 4.78 is 11.7. The molecule has 3 aromatic rings. The molecule has 0 saturated carbocycles. The zero-order valence-corrected chi connectivity index (χ0v) is 18.8. The summed E-state index contributed by atoms with van der Waals surface area (Å²) >= 11 is 0. The highest BCUT2D eigenvalue weighted by Gasteiger charge is 2.15. The molecule has 1 atom stereocenters. The van der Waals surface area contributed by atoms with Gasteiger partial charge in [0.15, 0.2) is 0 Å². The fourth-order valence-electron chi connectivity index (χ4n) is 3.29. The summed E-state index contributed by atoms with van der Waals surface area (Å²) in [7, 11) is 0. The first-order valence-corrected chi connectivity index (χ1v) is 10.7. The number of rotatable bonds is 8. The van der Waals surface area contributed by atoms with Gasteiger partial charge in [-0.05, 0) is 76.1 Å². The van der Waals surface area contributed by atoms with Crippen LogP contribution in [0.15, 0.2) is 60.7 Å². The summed E-state index contributed by atoms with van der Waals surface area (Å²) in [5.41, 5.74) is 3.92. The van der Waals surface area contributed by atoms with Crippen molar-refractivity contribution in [1.82, 2.24) is 4.98 Å². The van der Waals surface area contributed by atoms with E-state index in [1.807, 2.05) is 76.2 Å². The van der Waals surface area contributed by atoms with E-state index >= 15 is 0 Å². The molecule has 1 heterocycles. The minimum absolute atomic E-state index is 0.110. The second-order valence-corrected chi connectivity index (χ2v) is 7.78. The Balaban J connectivity index is 1.69. The van der Waals surface area contributed by atoms with Crippen LogP contribution in [0.5, 0.6) is 11.5 Å². The minimum Gasteiger partial charge on any atom is -0.457 e. The Morgan fingerprint density at radius 2 is 1.74 bits per heavy atom. The SMILES string of the molecule is CCc1ccc(Oc2cccc(NC(=O)c3ccc(C(C)OC(C)C)nc3C)c2)cc1. The molecule has 1 N–H and O–H groups in total. The van der Waals surface area contributed by atoms with Gasteiger partial charge in [0.05, 0.1) is 29.2 Å². The Hall–Kier alpha value is -3.18. The lowest BCUT2D eigenvalue weighted by molar-refractivity contribution is 0.0154. The van der Waals surface area contributed by atoms with Gasteiger partial charge in [-0.3, -0.25) is 9.78 Å². The lowest BCUT2D eigenvalue weighted by atomic mass is 10.1. The van der Waals surface area contributed by atoms with Crippen LogP contribution < -0.4 is 10.1 Å². The van der Waals surface area contributed by atoms with Gasteiger partial charge in [0.25, 0.3) is 5.91 Å². The van der Waals surface area contributed by atoms with Crippen LogP contribution in [0.4, 0.5) is 5.69 Å². The van der Waals surface area contributed by atoms with Crippen molar-refractivity contribution in [2.24, 2.45) is 0 Å². The molecule has 1 amide bonds. The third-order valence-corrected chi connectivity index (χ3v) is 4.90. The van der Waals surface area contributed by atoms with Crippen LogP contribution in [0.25, 0.3) is 0 Å². The fraction of sp³-hybridized carbons (Fsp3) is 0.308. The van der Waals surface area contributed by atoms with Crippen LogP contribution in [0.3, 0.4) is 0 Å². The van der Waals surface area contributed by atoms with Crippen molar-refractivity contribution in [3.05, 3.63) is 83.2 Å². The van der Waals surface area contributed by atoms with Crippen LogP contribution in [0.1, 0.15) is 61.1 Å². The zero-order valence-electron chi connectivity index (χ0n) is 18.8. The number of carbonyl (C=O) groups is 1. The maximum atomic E-state index is 12.8. The number of nitrogens with zero attached hydrogens (tertiary/aromatic N) is 1. The molecule has 1 unspecified atom stereocenters. The Morgan fingerprint density at radius 3 is 2.39 bits per heavy atom. The first kappa shape index (κ1) is 22.5. The van der Waals surface area contributed by atoms with Gasteiger partial charge in [-0.2, -0.15) is 0 Å². The second kappa shape index (κ2) is 10.2. The second-order valence-electron chi connectivity index (χ2n) is 7.78. The van der Waals surface area contributed by atoms with Crippen molar-refractivity contribution < 1.29 is 14.3 Å². The Bertz CT molecular complexity index is 1030. The Morgan fingerprint density at radius 1 is 1.00 bits per heavy atom. The molecule has 31 heavy (non-hydrogen) atoms. The normalized spacial score (nSPS) is 11.9. The highest BCUT2D eigenvalue weighted by molar-refractivity contribution is 6.05. The summed E-state index contributed by atoms with van der Waals surface area (Å²) in [5, 5.41) is 2.93. The molecule has 0 spiro atoms. The van der Waals surface area contributed by atoms with Crippen molar-refractivity contribution >= 4 is 11.6 Å². The number of anilines is 1. The van der Waals surface area contributed by atoms with Crippen molar-refractivity contribution in [3.63, 3.8) is 0 Å². The Kier molecular flexibility index (Phi) is 7.42. The monoisotopic (exact) mass is 418 g/mol. The van der Waals surface area contributed by atoms with E-state index in [-0.39, 0.29) is 18.1 Å². The van der Waals surface area contributed by atoms with Crippen molar-refractivity contribution in [2.45, 2.75) is 53.2 Å². The molecule has 0 radical (unpaired) electrons. The van der Waals surface area contributed by atoms with Gasteiger partial charge >= 0.3 is 0 Å². The number of nitrogens with one attached hydrogen (secondary N) is 1. The predicted octanol–water partition coefficient (Wildman–Crippen LogP) is 6.48. The van der Waals surface area contributed by atoms with Crippen molar-refractivity contribution in [2.75, 3.05) is 5.32 Å². The van der Waals surface area contributed by atoms with Crippen LogP contribution >= 0.6 is 0 Å². The van der Waals surface area contributed by atoms with Crippen molar-refractivity contribution in [3.8, 4) is 11.5 Å². The number of carbonyl (C=O) groups excluding carboxylic acids is 1. The zero-order chi connectivity index (χ0) is 22.4. The highest BCUT2D eigenvalue weighted by Crippen LogP contribution is 2.25. The maximum Gasteiger partial charge on any atom is 0.257 e. The number of aryl methyl sites for hydroxylation is 2. The van der Waals surface area contributed by atoms with E-state index in [0.29, 0.717) is 22.7 Å². The average Bonchev–Trinajstić information content (AvgIpc) is 2.74. The number of benzene rings is 2. The molecule has 0 aliphatic heterocycles. The first-order valence-electron chi connectivity index (χ1n) is 10.7. The van der Waals surface area contributed by atoms with Crippen LogP contribution in [-0.4, -0.2) is 17.0 Å². The molecule has 2 aromatic carbocycles. The van der Waals surface area contributed by atoms with Gasteiger partial charge in [-0.1, -0.05) is 25.1 Å². The van der Waals surface area contributed by atoms with Crippen LogP contribution in [0, 0.1) is 6.92 Å². The molecule has 3 rings (SSSR count). The predicted molar refractivity (Wildman–Crippen MR) is 124 cm³/mol. The molecular weight excluding hydrogens is 388 g/mol. The topological polar surface area (TPSA) is 60.5 Å². The molecule has 5 nitrogen and oxygen atoms in total. The molecule has 0 fully saturated rings. The molecule has 0 saturated heterocycles. The quantitative estimate of drug-likeness (QED) is 0.455. The van der Waals surface area contributed by atoms with Gasteiger partial charge < -0.3 is 14.8 Å². The van der Waals surface area contributed by atoms with E-state index in [1.165, 1.54) is 5.56 Å². The first-order chi connectivity index (χ1) is 14.9. The molecule has 0 bridgehead atoms. The number of hydrogen-bond acceptors (Lipinski definition) is 4.